The lowest BCUT2D eigenvalue weighted by atomic mass is 10.1. The van der Waals surface area contributed by atoms with Crippen LogP contribution in [-0.2, 0) is 13.5 Å². The summed E-state index contributed by atoms with van der Waals surface area (Å²) in [4.78, 5) is 0. The highest BCUT2D eigenvalue weighted by Crippen LogP contribution is 2.30. The number of anilines is 1. The second-order valence-corrected chi connectivity index (χ2v) is 4.07. The molecule has 2 rings (SSSR count). The predicted octanol–water partition coefficient (Wildman–Crippen LogP) is 2.38. The van der Waals surface area contributed by atoms with Crippen LogP contribution in [-0.4, -0.2) is 16.9 Å². The van der Waals surface area contributed by atoms with E-state index in [4.69, 9.17) is 10.5 Å². The Morgan fingerprint density at radius 3 is 2.61 bits per heavy atom. The minimum absolute atomic E-state index is 0.281. The highest BCUT2D eigenvalue weighted by atomic mass is 19.1. The van der Waals surface area contributed by atoms with Crippen molar-refractivity contribution < 1.29 is 9.13 Å². The first-order chi connectivity index (χ1) is 8.56. The SMILES string of the molecule is CCc1c(F)cc(-c2cc(N)n(C)n2)cc1OC. The van der Waals surface area contributed by atoms with Crippen molar-refractivity contribution in [3.8, 4) is 17.0 Å². The average molecular weight is 249 g/mol. The van der Waals surface area contributed by atoms with Gasteiger partial charge in [0.2, 0.25) is 0 Å². The third kappa shape index (κ3) is 2.03. The van der Waals surface area contributed by atoms with E-state index in [1.165, 1.54) is 13.2 Å². The molecule has 5 heteroatoms. The maximum absolute atomic E-state index is 13.9. The fourth-order valence-electron chi connectivity index (χ4n) is 1.91. The summed E-state index contributed by atoms with van der Waals surface area (Å²) >= 11 is 0. The van der Waals surface area contributed by atoms with Gasteiger partial charge in [-0.25, -0.2) is 4.39 Å². The molecule has 96 valence electrons. The van der Waals surface area contributed by atoms with Crippen molar-refractivity contribution in [2.75, 3.05) is 12.8 Å². The minimum Gasteiger partial charge on any atom is -0.496 e. The molecule has 4 nitrogen and oxygen atoms in total. The van der Waals surface area contributed by atoms with Gasteiger partial charge < -0.3 is 10.5 Å². The van der Waals surface area contributed by atoms with E-state index in [2.05, 4.69) is 5.10 Å². The highest BCUT2D eigenvalue weighted by Gasteiger charge is 2.13. The van der Waals surface area contributed by atoms with Crippen LogP contribution in [0.25, 0.3) is 11.3 Å². The van der Waals surface area contributed by atoms with E-state index in [9.17, 15) is 4.39 Å². The van der Waals surface area contributed by atoms with E-state index in [0.29, 0.717) is 34.8 Å². The molecule has 0 spiro atoms. The summed E-state index contributed by atoms with van der Waals surface area (Å²) in [6.07, 6.45) is 0.583. The summed E-state index contributed by atoms with van der Waals surface area (Å²) in [6.45, 7) is 1.89. The van der Waals surface area contributed by atoms with Gasteiger partial charge in [0.25, 0.3) is 0 Å². The summed E-state index contributed by atoms with van der Waals surface area (Å²) in [5, 5.41) is 4.22. The lowest BCUT2D eigenvalue weighted by Crippen LogP contribution is -1.97. The first-order valence-corrected chi connectivity index (χ1v) is 5.73. The van der Waals surface area contributed by atoms with Crippen LogP contribution < -0.4 is 10.5 Å². The number of rotatable bonds is 3. The molecule has 0 aliphatic heterocycles. The Bertz CT molecular complexity index is 558. The van der Waals surface area contributed by atoms with Crippen LogP contribution in [0.2, 0.25) is 0 Å². The van der Waals surface area contributed by atoms with Gasteiger partial charge in [-0.2, -0.15) is 5.10 Å². The van der Waals surface area contributed by atoms with Crippen molar-refractivity contribution >= 4 is 5.82 Å². The first-order valence-electron chi connectivity index (χ1n) is 5.73. The maximum atomic E-state index is 13.9. The number of hydrogen-bond acceptors (Lipinski definition) is 3. The smallest absolute Gasteiger partial charge is 0.130 e. The van der Waals surface area contributed by atoms with Gasteiger partial charge in [0, 0.05) is 24.2 Å². The van der Waals surface area contributed by atoms with Crippen LogP contribution in [0.3, 0.4) is 0 Å². The van der Waals surface area contributed by atoms with Crippen LogP contribution in [0, 0.1) is 5.82 Å². The molecule has 0 saturated heterocycles. The van der Waals surface area contributed by atoms with Crippen molar-refractivity contribution in [1.29, 1.82) is 0 Å². The monoisotopic (exact) mass is 249 g/mol. The number of nitrogen functional groups attached to an aromatic ring is 1. The standard InChI is InChI=1S/C13H16FN3O/c1-4-9-10(14)5-8(6-12(9)18-3)11-7-13(15)17(2)16-11/h5-7H,4,15H2,1-3H3. The molecule has 0 bridgehead atoms. The molecular weight excluding hydrogens is 233 g/mol. The normalized spacial score (nSPS) is 10.7. The second-order valence-electron chi connectivity index (χ2n) is 4.07. The van der Waals surface area contributed by atoms with E-state index < -0.39 is 0 Å². The van der Waals surface area contributed by atoms with Crippen molar-refractivity contribution in [1.82, 2.24) is 9.78 Å². The Hall–Kier alpha value is -2.04. The van der Waals surface area contributed by atoms with Crippen LogP contribution in [0.4, 0.5) is 10.2 Å². The quantitative estimate of drug-likeness (QED) is 0.908. The Morgan fingerprint density at radius 1 is 1.39 bits per heavy atom. The van der Waals surface area contributed by atoms with Gasteiger partial charge in [-0.3, -0.25) is 4.68 Å². The molecule has 0 radical (unpaired) electrons. The molecule has 2 aromatic rings. The van der Waals surface area contributed by atoms with Gasteiger partial charge in [-0.05, 0) is 18.6 Å². The third-order valence-corrected chi connectivity index (χ3v) is 2.94. The van der Waals surface area contributed by atoms with Crippen molar-refractivity contribution in [3.63, 3.8) is 0 Å². The Morgan fingerprint density at radius 2 is 2.11 bits per heavy atom. The zero-order valence-electron chi connectivity index (χ0n) is 10.7. The number of ether oxygens (including phenoxy) is 1. The summed E-state index contributed by atoms with van der Waals surface area (Å²) in [7, 11) is 3.28. The lowest BCUT2D eigenvalue weighted by Gasteiger charge is -2.09. The maximum Gasteiger partial charge on any atom is 0.130 e. The van der Waals surface area contributed by atoms with E-state index >= 15 is 0 Å². The largest absolute Gasteiger partial charge is 0.496 e. The summed E-state index contributed by atoms with van der Waals surface area (Å²) in [5.41, 5.74) is 7.59. The Labute approximate surface area is 105 Å². The molecule has 1 aromatic heterocycles. The molecule has 0 aliphatic rings. The van der Waals surface area contributed by atoms with Crippen LogP contribution in [0.5, 0.6) is 5.75 Å². The number of nitrogens with zero attached hydrogens (tertiary/aromatic N) is 2. The first kappa shape index (κ1) is 12.4. The van der Waals surface area contributed by atoms with E-state index in [1.54, 1.807) is 23.9 Å². The molecule has 0 amide bonds. The highest BCUT2D eigenvalue weighted by molar-refractivity contribution is 5.65. The van der Waals surface area contributed by atoms with Gasteiger partial charge in [0.05, 0.1) is 12.8 Å². The molecule has 0 saturated carbocycles. The zero-order chi connectivity index (χ0) is 13.3. The number of aryl methyl sites for hydroxylation is 1. The van der Waals surface area contributed by atoms with Crippen molar-refractivity contribution in [2.45, 2.75) is 13.3 Å². The molecule has 2 N–H and O–H groups in total. The summed E-state index contributed by atoms with van der Waals surface area (Å²) in [6, 6.07) is 4.95. The molecular formula is C13H16FN3O. The minimum atomic E-state index is -0.281. The molecule has 0 unspecified atom stereocenters. The number of benzene rings is 1. The van der Waals surface area contributed by atoms with E-state index in [1.807, 2.05) is 6.92 Å². The zero-order valence-corrected chi connectivity index (χ0v) is 10.7. The number of halogens is 1. The number of aromatic nitrogens is 2. The molecule has 1 heterocycles. The Kier molecular flexibility index (Phi) is 3.23. The predicted molar refractivity (Wildman–Crippen MR) is 68.9 cm³/mol. The lowest BCUT2D eigenvalue weighted by molar-refractivity contribution is 0.405. The topological polar surface area (TPSA) is 53.1 Å². The van der Waals surface area contributed by atoms with Crippen molar-refractivity contribution in [3.05, 3.63) is 29.6 Å². The third-order valence-electron chi connectivity index (χ3n) is 2.94. The second kappa shape index (κ2) is 4.68. The van der Waals surface area contributed by atoms with Gasteiger partial charge in [-0.15, -0.1) is 0 Å². The Balaban J connectivity index is 2.55. The van der Waals surface area contributed by atoms with E-state index in [0.717, 1.165) is 0 Å². The molecule has 0 fully saturated rings. The molecule has 1 aromatic carbocycles. The molecule has 0 atom stereocenters. The number of methoxy groups -OCH3 is 1. The fourth-order valence-corrected chi connectivity index (χ4v) is 1.91. The molecule has 18 heavy (non-hydrogen) atoms. The van der Waals surface area contributed by atoms with E-state index in [-0.39, 0.29) is 5.82 Å². The summed E-state index contributed by atoms with van der Waals surface area (Å²) in [5.74, 6) is 0.789. The van der Waals surface area contributed by atoms with Crippen LogP contribution in [0.15, 0.2) is 18.2 Å². The van der Waals surface area contributed by atoms with Crippen LogP contribution in [0.1, 0.15) is 12.5 Å². The fraction of sp³-hybridized carbons (Fsp3) is 0.308. The van der Waals surface area contributed by atoms with Crippen molar-refractivity contribution in [2.24, 2.45) is 7.05 Å². The van der Waals surface area contributed by atoms with Gasteiger partial charge >= 0.3 is 0 Å². The number of nitrogens with two attached hydrogens (primary N) is 1. The van der Waals surface area contributed by atoms with Crippen LogP contribution >= 0.6 is 0 Å². The van der Waals surface area contributed by atoms with Gasteiger partial charge in [0.1, 0.15) is 17.4 Å². The van der Waals surface area contributed by atoms with Gasteiger partial charge in [-0.1, -0.05) is 6.92 Å². The average Bonchev–Trinajstić information content (AvgIpc) is 2.68. The number of hydrogen-bond donors (Lipinski definition) is 1. The molecule has 0 aliphatic carbocycles. The summed E-state index contributed by atoms with van der Waals surface area (Å²) < 4.78 is 20.7. The van der Waals surface area contributed by atoms with Gasteiger partial charge in [0.15, 0.2) is 0 Å².